The number of nitrogens with zero attached hydrogens (tertiary/aromatic N) is 2. The van der Waals surface area contributed by atoms with Crippen LogP contribution in [0.3, 0.4) is 0 Å². The van der Waals surface area contributed by atoms with Gasteiger partial charge < -0.3 is 10.2 Å². The van der Waals surface area contributed by atoms with Gasteiger partial charge in [-0.25, -0.2) is 4.98 Å². The Morgan fingerprint density at radius 3 is 2.73 bits per heavy atom. The zero-order chi connectivity index (χ0) is 11.3. The molecule has 0 unspecified atom stereocenters. The lowest BCUT2D eigenvalue weighted by Gasteiger charge is -2.28. The highest BCUT2D eigenvalue weighted by molar-refractivity contribution is 7.07. The highest BCUT2D eigenvalue weighted by Gasteiger charge is 2.18. The lowest BCUT2D eigenvalue weighted by atomic mass is 9.93. The molecule has 1 heterocycles. The molecule has 0 bridgehead atoms. The van der Waals surface area contributed by atoms with Gasteiger partial charge in [0.25, 0.3) is 0 Å². The van der Waals surface area contributed by atoms with Crippen LogP contribution in [-0.4, -0.2) is 37.1 Å². The van der Waals surface area contributed by atoms with Crippen molar-refractivity contribution in [1.82, 2.24) is 15.2 Å². The molecule has 0 atom stereocenters. The predicted octanol–water partition coefficient (Wildman–Crippen LogP) is 1.82. The molecular weight excluding hydrogens is 206 g/mol. The fraction of sp³-hybridized carbons (Fsp3) is 0.727. The van der Waals surface area contributed by atoms with Crippen LogP contribution >= 0.6 is 11.3 Å². The second kappa shape index (κ2) is 5.58. The van der Waals surface area contributed by atoms with Gasteiger partial charge in [-0.3, -0.25) is 0 Å². The van der Waals surface area contributed by atoms with Gasteiger partial charge in [0.1, 0.15) is 0 Å². The molecule has 0 aliphatic heterocycles. The summed E-state index contributed by atoms with van der Waals surface area (Å²) >= 11 is 1.65. The van der Waals surface area contributed by atoms with Gasteiger partial charge in [0.2, 0.25) is 0 Å². The van der Waals surface area contributed by atoms with E-state index in [4.69, 9.17) is 0 Å². The molecule has 0 amide bonds. The molecule has 0 spiro atoms. The molecule has 0 radical (unpaired) electrons. The number of nitrogens with one attached hydrogen (secondary N) is 1. The molecule has 0 aromatic carbocycles. The highest BCUT2D eigenvalue weighted by atomic mass is 32.1. The van der Waals surface area contributed by atoms with E-state index in [1.807, 2.05) is 5.51 Å². The molecule has 0 saturated heterocycles. The van der Waals surface area contributed by atoms with Crippen LogP contribution in [0.4, 0.5) is 0 Å². The first-order chi connectivity index (χ1) is 6.99. The van der Waals surface area contributed by atoms with Gasteiger partial charge in [0, 0.05) is 25.0 Å². The molecule has 1 N–H and O–H groups in total. The van der Waals surface area contributed by atoms with Crippen LogP contribution in [0.5, 0.6) is 0 Å². The topological polar surface area (TPSA) is 28.2 Å². The fourth-order valence-electron chi connectivity index (χ4n) is 1.77. The fourth-order valence-corrected chi connectivity index (χ4v) is 2.32. The van der Waals surface area contributed by atoms with Crippen LogP contribution in [0.2, 0.25) is 0 Å². The number of thiazole rings is 1. The summed E-state index contributed by atoms with van der Waals surface area (Å²) in [6, 6.07) is 0. The van der Waals surface area contributed by atoms with E-state index < -0.39 is 0 Å². The van der Waals surface area contributed by atoms with E-state index in [1.165, 1.54) is 0 Å². The average Bonchev–Trinajstić information content (AvgIpc) is 2.53. The molecule has 1 rings (SSSR count). The Morgan fingerprint density at radius 2 is 2.20 bits per heavy atom. The molecule has 15 heavy (non-hydrogen) atoms. The summed E-state index contributed by atoms with van der Waals surface area (Å²) < 4.78 is 0. The monoisotopic (exact) mass is 227 g/mol. The summed E-state index contributed by atoms with van der Waals surface area (Å²) in [6.45, 7) is 7.54. The Hall–Kier alpha value is -0.450. The van der Waals surface area contributed by atoms with Crippen LogP contribution < -0.4 is 5.32 Å². The summed E-state index contributed by atoms with van der Waals surface area (Å²) in [5, 5.41) is 5.54. The number of hydrogen-bond donors (Lipinski definition) is 1. The van der Waals surface area contributed by atoms with E-state index in [2.05, 4.69) is 48.5 Å². The lowest BCUT2D eigenvalue weighted by molar-refractivity contribution is 0.232. The van der Waals surface area contributed by atoms with Crippen LogP contribution in [0.1, 0.15) is 19.5 Å². The van der Waals surface area contributed by atoms with Crippen molar-refractivity contribution in [3.05, 3.63) is 16.6 Å². The van der Waals surface area contributed by atoms with Crippen molar-refractivity contribution in [2.75, 3.05) is 27.2 Å². The first-order valence-corrected chi connectivity index (χ1v) is 6.16. The Labute approximate surface area is 96.5 Å². The summed E-state index contributed by atoms with van der Waals surface area (Å²) in [7, 11) is 4.23. The largest absolute Gasteiger partial charge is 0.311 e. The molecule has 4 heteroatoms. The second-order valence-electron chi connectivity index (χ2n) is 4.99. The first kappa shape index (κ1) is 12.6. The zero-order valence-electron chi connectivity index (χ0n) is 10.1. The van der Waals surface area contributed by atoms with Crippen molar-refractivity contribution in [1.29, 1.82) is 0 Å². The minimum absolute atomic E-state index is 0.305. The van der Waals surface area contributed by atoms with Crippen molar-refractivity contribution in [2.24, 2.45) is 5.41 Å². The summed E-state index contributed by atoms with van der Waals surface area (Å²) in [4.78, 5) is 6.47. The smallest absolute Gasteiger partial charge is 0.0795 e. The second-order valence-corrected chi connectivity index (χ2v) is 5.70. The van der Waals surface area contributed by atoms with E-state index in [1.54, 1.807) is 11.3 Å². The van der Waals surface area contributed by atoms with Crippen molar-refractivity contribution < 1.29 is 0 Å². The van der Waals surface area contributed by atoms with E-state index in [-0.39, 0.29) is 0 Å². The maximum absolute atomic E-state index is 4.24. The molecule has 3 nitrogen and oxygen atoms in total. The van der Waals surface area contributed by atoms with E-state index >= 15 is 0 Å². The van der Waals surface area contributed by atoms with Gasteiger partial charge in [0.05, 0.1) is 11.2 Å². The van der Waals surface area contributed by atoms with Crippen LogP contribution in [0.25, 0.3) is 0 Å². The molecule has 0 aliphatic carbocycles. The third-order valence-corrected chi connectivity index (χ3v) is 2.77. The van der Waals surface area contributed by atoms with E-state index in [0.717, 1.165) is 25.3 Å². The quantitative estimate of drug-likeness (QED) is 0.803. The summed E-state index contributed by atoms with van der Waals surface area (Å²) in [5.74, 6) is 0. The molecular formula is C11H21N3S. The van der Waals surface area contributed by atoms with Gasteiger partial charge in [-0.1, -0.05) is 13.8 Å². The Bertz CT molecular complexity index is 267. The van der Waals surface area contributed by atoms with Crippen LogP contribution in [0, 0.1) is 5.41 Å². The van der Waals surface area contributed by atoms with Crippen molar-refractivity contribution in [2.45, 2.75) is 20.4 Å². The molecule has 86 valence electrons. The Morgan fingerprint density at radius 1 is 1.47 bits per heavy atom. The van der Waals surface area contributed by atoms with Crippen molar-refractivity contribution in [3.8, 4) is 0 Å². The van der Waals surface area contributed by atoms with E-state index in [9.17, 15) is 0 Å². The maximum Gasteiger partial charge on any atom is 0.0795 e. The van der Waals surface area contributed by atoms with Crippen LogP contribution in [0.15, 0.2) is 10.9 Å². The van der Waals surface area contributed by atoms with Crippen molar-refractivity contribution in [3.63, 3.8) is 0 Å². The van der Waals surface area contributed by atoms with E-state index in [0.29, 0.717) is 5.41 Å². The lowest BCUT2D eigenvalue weighted by Crippen LogP contribution is -2.37. The van der Waals surface area contributed by atoms with Crippen molar-refractivity contribution >= 4 is 11.3 Å². The minimum Gasteiger partial charge on any atom is -0.311 e. The normalized spacial score (nSPS) is 12.3. The van der Waals surface area contributed by atoms with Gasteiger partial charge in [-0.05, 0) is 19.5 Å². The molecule has 1 aromatic rings. The maximum atomic E-state index is 4.24. The van der Waals surface area contributed by atoms with Gasteiger partial charge in [0.15, 0.2) is 0 Å². The van der Waals surface area contributed by atoms with Gasteiger partial charge in [-0.15, -0.1) is 11.3 Å². The zero-order valence-corrected chi connectivity index (χ0v) is 10.9. The standard InChI is InChI=1S/C11H21N3S/c1-11(2,8-14(3)4)7-12-5-10-6-15-9-13-10/h6,9,12H,5,7-8H2,1-4H3. The summed E-state index contributed by atoms with van der Waals surface area (Å²) in [5.41, 5.74) is 3.32. The van der Waals surface area contributed by atoms with Gasteiger partial charge in [-0.2, -0.15) is 0 Å². The highest BCUT2D eigenvalue weighted by Crippen LogP contribution is 2.14. The van der Waals surface area contributed by atoms with Gasteiger partial charge >= 0.3 is 0 Å². The minimum atomic E-state index is 0.305. The Kier molecular flexibility index (Phi) is 4.70. The molecule has 1 aromatic heterocycles. The molecule has 0 fully saturated rings. The third-order valence-electron chi connectivity index (χ3n) is 2.14. The number of rotatable bonds is 6. The number of aromatic nitrogens is 1. The Balaban J connectivity index is 2.24. The SMILES string of the molecule is CN(C)CC(C)(C)CNCc1cscn1. The molecule has 0 aliphatic rings. The average molecular weight is 227 g/mol. The third kappa shape index (κ3) is 5.25. The predicted molar refractivity (Wildman–Crippen MR) is 66.2 cm³/mol. The first-order valence-electron chi connectivity index (χ1n) is 5.22. The molecule has 0 saturated carbocycles. The summed E-state index contributed by atoms with van der Waals surface area (Å²) in [6.07, 6.45) is 0. The van der Waals surface area contributed by atoms with Crippen LogP contribution in [-0.2, 0) is 6.54 Å². The number of hydrogen-bond acceptors (Lipinski definition) is 4.